The molecule has 1 aliphatic heterocycles. The first kappa shape index (κ1) is 13.7. The molecule has 102 valence electrons. The smallest absolute Gasteiger partial charge is 0.260 e. The molecule has 0 N–H and O–H groups in total. The van der Waals surface area contributed by atoms with Gasteiger partial charge < -0.3 is 4.90 Å². The Hall–Kier alpha value is -1.23. The summed E-state index contributed by atoms with van der Waals surface area (Å²) in [5, 5.41) is 3.54. The van der Waals surface area contributed by atoms with Crippen molar-refractivity contribution in [3.63, 3.8) is 0 Å². The maximum Gasteiger partial charge on any atom is 0.260 e. The standard InChI is InChI=1S/C15H12ClNOS2/c16-13-6-2-1-5-12(13)15(18)17-7-9-20-14(17)10-11-4-3-8-19-11/h1-6,8,10H,7,9H2/b14-10+. The zero-order valence-electron chi connectivity index (χ0n) is 10.6. The Morgan fingerprint density at radius 1 is 1.25 bits per heavy atom. The van der Waals surface area contributed by atoms with Crippen LogP contribution < -0.4 is 0 Å². The molecule has 0 spiro atoms. The summed E-state index contributed by atoms with van der Waals surface area (Å²) in [4.78, 5) is 15.6. The van der Waals surface area contributed by atoms with Gasteiger partial charge in [0.05, 0.1) is 15.6 Å². The number of carbonyl (C=O) groups excluding carboxylic acids is 1. The zero-order valence-corrected chi connectivity index (χ0v) is 13.0. The van der Waals surface area contributed by atoms with Gasteiger partial charge in [-0.3, -0.25) is 4.79 Å². The number of hydrogen-bond acceptors (Lipinski definition) is 3. The van der Waals surface area contributed by atoms with Gasteiger partial charge in [-0.15, -0.1) is 23.1 Å². The lowest BCUT2D eigenvalue weighted by atomic mass is 10.2. The monoisotopic (exact) mass is 321 g/mol. The number of halogens is 1. The van der Waals surface area contributed by atoms with Crippen LogP contribution in [0, 0.1) is 0 Å². The summed E-state index contributed by atoms with van der Waals surface area (Å²) in [5.74, 6) is 0.899. The van der Waals surface area contributed by atoms with Crippen LogP contribution in [-0.4, -0.2) is 23.1 Å². The highest BCUT2D eigenvalue weighted by Gasteiger charge is 2.26. The highest BCUT2D eigenvalue weighted by molar-refractivity contribution is 8.03. The van der Waals surface area contributed by atoms with E-state index in [9.17, 15) is 4.79 Å². The number of thioether (sulfide) groups is 1. The van der Waals surface area contributed by atoms with Crippen LogP contribution >= 0.6 is 34.7 Å². The number of carbonyl (C=O) groups is 1. The van der Waals surface area contributed by atoms with E-state index in [-0.39, 0.29) is 5.91 Å². The third-order valence-corrected chi connectivity index (χ3v) is 5.16. The van der Waals surface area contributed by atoms with E-state index in [4.69, 9.17) is 11.6 Å². The molecule has 1 amide bonds. The molecule has 0 saturated carbocycles. The molecule has 1 aromatic carbocycles. The Bertz CT molecular complexity index is 652. The minimum atomic E-state index is -0.0246. The summed E-state index contributed by atoms with van der Waals surface area (Å²) in [6, 6.07) is 11.3. The van der Waals surface area contributed by atoms with Crippen molar-refractivity contribution in [1.82, 2.24) is 4.90 Å². The molecular formula is C15H12ClNOS2. The Morgan fingerprint density at radius 2 is 2.10 bits per heavy atom. The van der Waals surface area contributed by atoms with Gasteiger partial charge in [0.15, 0.2) is 0 Å². The number of hydrogen-bond donors (Lipinski definition) is 0. The largest absolute Gasteiger partial charge is 0.302 e. The highest BCUT2D eigenvalue weighted by atomic mass is 35.5. The summed E-state index contributed by atoms with van der Waals surface area (Å²) in [6.07, 6.45) is 2.07. The van der Waals surface area contributed by atoms with Crippen LogP contribution in [-0.2, 0) is 0 Å². The summed E-state index contributed by atoms with van der Waals surface area (Å²) >= 11 is 9.49. The normalized spacial score (nSPS) is 16.9. The molecule has 1 aromatic heterocycles. The minimum Gasteiger partial charge on any atom is -0.302 e. The Kier molecular flexibility index (Phi) is 4.15. The van der Waals surface area contributed by atoms with Gasteiger partial charge >= 0.3 is 0 Å². The van der Waals surface area contributed by atoms with Crippen LogP contribution in [0.15, 0.2) is 46.8 Å². The molecule has 0 radical (unpaired) electrons. The number of benzene rings is 1. The summed E-state index contributed by atoms with van der Waals surface area (Å²) < 4.78 is 0. The van der Waals surface area contributed by atoms with Gasteiger partial charge in [0.2, 0.25) is 0 Å². The van der Waals surface area contributed by atoms with E-state index in [2.05, 4.69) is 12.1 Å². The molecule has 2 aromatic rings. The molecule has 2 heterocycles. The van der Waals surface area contributed by atoms with E-state index in [1.807, 2.05) is 28.5 Å². The van der Waals surface area contributed by atoms with E-state index in [0.29, 0.717) is 10.6 Å². The topological polar surface area (TPSA) is 20.3 Å². The van der Waals surface area contributed by atoms with Crippen molar-refractivity contribution in [1.29, 1.82) is 0 Å². The maximum atomic E-state index is 12.6. The second kappa shape index (κ2) is 6.04. The Labute approximate surface area is 131 Å². The third-order valence-electron chi connectivity index (χ3n) is 2.99. The van der Waals surface area contributed by atoms with Crippen LogP contribution in [0.3, 0.4) is 0 Å². The van der Waals surface area contributed by atoms with E-state index < -0.39 is 0 Å². The number of nitrogens with zero attached hydrogens (tertiary/aromatic N) is 1. The molecule has 20 heavy (non-hydrogen) atoms. The van der Waals surface area contributed by atoms with Crippen molar-refractivity contribution in [3.8, 4) is 0 Å². The van der Waals surface area contributed by atoms with Gasteiger partial charge in [-0.05, 0) is 29.7 Å². The average molecular weight is 322 g/mol. The van der Waals surface area contributed by atoms with Crippen molar-refractivity contribution in [3.05, 3.63) is 62.3 Å². The van der Waals surface area contributed by atoms with Crippen molar-refractivity contribution >= 4 is 46.7 Å². The lowest BCUT2D eigenvalue weighted by Gasteiger charge is -2.17. The molecule has 2 nitrogen and oxygen atoms in total. The lowest BCUT2D eigenvalue weighted by Crippen LogP contribution is -2.26. The third kappa shape index (κ3) is 2.77. The molecule has 1 fully saturated rings. The first-order valence-corrected chi connectivity index (χ1v) is 8.44. The van der Waals surface area contributed by atoms with E-state index in [0.717, 1.165) is 22.2 Å². The SMILES string of the molecule is O=C(c1ccccc1Cl)N1CCS/C1=C/c1cccs1. The van der Waals surface area contributed by atoms with Gasteiger partial charge in [0, 0.05) is 17.2 Å². The second-order valence-electron chi connectivity index (χ2n) is 4.28. The molecule has 1 saturated heterocycles. The van der Waals surface area contributed by atoms with Gasteiger partial charge in [0.1, 0.15) is 0 Å². The van der Waals surface area contributed by atoms with E-state index >= 15 is 0 Å². The fraction of sp³-hybridized carbons (Fsp3) is 0.133. The summed E-state index contributed by atoms with van der Waals surface area (Å²) in [6.45, 7) is 0.728. The fourth-order valence-corrected chi connectivity index (χ4v) is 3.99. The van der Waals surface area contributed by atoms with Crippen LogP contribution in [0.1, 0.15) is 15.2 Å². The van der Waals surface area contributed by atoms with Gasteiger partial charge in [0.25, 0.3) is 5.91 Å². The molecule has 0 bridgehead atoms. The quantitative estimate of drug-likeness (QED) is 0.806. The predicted molar refractivity (Wildman–Crippen MR) is 87.2 cm³/mol. The van der Waals surface area contributed by atoms with E-state index in [1.165, 1.54) is 0 Å². The van der Waals surface area contributed by atoms with Crippen LogP contribution in [0.25, 0.3) is 6.08 Å². The van der Waals surface area contributed by atoms with Crippen LogP contribution in [0.2, 0.25) is 5.02 Å². The first-order valence-electron chi connectivity index (χ1n) is 6.20. The van der Waals surface area contributed by atoms with Crippen LogP contribution in [0.5, 0.6) is 0 Å². The zero-order chi connectivity index (χ0) is 13.9. The summed E-state index contributed by atoms with van der Waals surface area (Å²) in [5.41, 5.74) is 0.564. The van der Waals surface area contributed by atoms with Gasteiger partial charge in [-0.1, -0.05) is 29.8 Å². The van der Waals surface area contributed by atoms with Crippen LogP contribution in [0.4, 0.5) is 0 Å². The molecular weight excluding hydrogens is 310 g/mol. The number of thiophene rings is 1. The van der Waals surface area contributed by atoms with E-state index in [1.54, 1.807) is 35.2 Å². The molecule has 0 unspecified atom stereocenters. The Morgan fingerprint density at radius 3 is 2.85 bits per heavy atom. The van der Waals surface area contributed by atoms with Crippen molar-refractivity contribution in [2.75, 3.05) is 12.3 Å². The highest BCUT2D eigenvalue weighted by Crippen LogP contribution is 2.33. The first-order chi connectivity index (χ1) is 9.75. The molecule has 5 heteroatoms. The molecule has 0 aliphatic carbocycles. The minimum absolute atomic E-state index is 0.0246. The Balaban J connectivity index is 1.89. The van der Waals surface area contributed by atoms with Crippen molar-refractivity contribution in [2.45, 2.75) is 0 Å². The molecule has 1 aliphatic rings. The molecule has 0 atom stereocenters. The van der Waals surface area contributed by atoms with Crippen molar-refractivity contribution in [2.24, 2.45) is 0 Å². The lowest BCUT2D eigenvalue weighted by molar-refractivity contribution is 0.0831. The second-order valence-corrected chi connectivity index (χ2v) is 6.78. The molecule has 3 rings (SSSR count). The van der Waals surface area contributed by atoms with Crippen molar-refractivity contribution < 1.29 is 4.79 Å². The maximum absolute atomic E-state index is 12.6. The average Bonchev–Trinajstić information content (AvgIpc) is 3.11. The number of amides is 1. The number of rotatable bonds is 2. The summed E-state index contributed by atoms with van der Waals surface area (Å²) in [7, 11) is 0. The predicted octanol–water partition coefficient (Wildman–Crippen LogP) is 4.59. The van der Waals surface area contributed by atoms with Gasteiger partial charge in [-0.25, -0.2) is 0 Å². The van der Waals surface area contributed by atoms with Gasteiger partial charge in [-0.2, -0.15) is 0 Å². The fourth-order valence-electron chi connectivity index (χ4n) is 2.03.